The second-order valence-electron chi connectivity index (χ2n) is 10.2. The Kier molecular flexibility index (Phi) is 4.81. The smallest absolute Gasteiger partial charge is 0.338 e. The van der Waals surface area contributed by atoms with Crippen LogP contribution < -0.4 is 0 Å². The number of benzene rings is 1. The predicted octanol–water partition coefficient (Wildman–Crippen LogP) is -1.36. The van der Waals surface area contributed by atoms with Gasteiger partial charge in [-0.15, -0.1) is 0 Å². The Morgan fingerprint density at radius 2 is 1.85 bits per heavy atom. The lowest BCUT2D eigenvalue weighted by Gasteiger charge is -2.67. The number of ether oxygens (including phenoxy) is 5. The van der Waals surface area contributed by atoms with Crippen LogP contribution >= 0.6 is 0 Å². The molecule has 7 fully saturated rings. The molecule has 4 heterocycles. The van der Waals surface area contributed by atoms with E-state index in [1.165, 1.54) is 0 Å². The van der Waals surface area contributed by atoms with Gasteiger partial charge in [0.15, 0.2) is 18.4 Å². The Balaban J connectivity index is 1.32. The van der Waals surface area contributed by atoms with Crippen molar-refractivity contribution < 1.29 is 54.0 Å². The maximum Gasteiger partial charge on any atom is 0.338 e. The van der Waals surface area contributed by atoms with Gasteiger partial charge in [-0.05, 0) is 25.5 Å². The van der Waals surface area contributed by atoms with Crippen molar-refractivity contribution in [1.29, 1.82) is 0 Å². The van der Waals surface area contributed by atoms with Crippen molar-refractivity contribution in [2.24, 2.45) is 11.3 Å². The minimum Gasteiger partial charge on any atom is -0.461 e. The lowest BCUT2D eigenvalue weighted by atomic mass is 9.41. The van der Waals surface area contributed by atoms with Crippen molar-refractivity contribution in [2.75, 3.05) is 13.2 Å². The van der Waals surface area contributed by atoms with Crippen LogP contribution in [0.1, 0.15) is 30.1 Å². The van der Waals surface area contributed by atoms with E-state index in [1.807, 2.05) is 0 Å². The SMILES string of the molecule is C[C@@]12C[C@@]3(O)O[C@@H](O1)[C@]1(COC(=O)c4ccccc4)[C@@H]3C[C@]12O[C@@H]1O[C@H](CO)[C@@H](O)[C@H](O)[C@H]1O. The third kappa shape index (κ3) is 2.59. The van der Waals surface area contributed by atoms with Gasteiger partial charge >= 0.3 is 5.97 Å². The van der Waals surface area contributed by atoms with Gasteiger partial charge in [0.05, 0.1) is 17.6 Å². The van der Waals surface area contributed by atoms with Crippen LogP contribution in [0.2, 0.25) is 0 Å². The highest BCUT2D eigenvalue weighted by atomic mass is 16.8. The van der Waals surface area contributed by atoms with Crippen LogP contribution in [0.25, 0.3) is 0 Å². The summed E-state index contributed by atoms with van der Waals surface area (Å²) in [5.74, 6) is -2.49. The average Bonchev–Trinajstić information content (AvgIpc) is 3.00. The van der Waals surface area contributed by atoms with Crippen molar-refractivity contribution in [2.45, 2.75) is 73.8 Å². The molecule has 0 amide bonds. The summed E-state index contributed by atoms with van der Waals surface area (Å²) in [7, 11) is 0. The molecule has 8 rings (SSSR count). The molecule has 7 aliphatic rings. The largest absolute Gasteiger partial charge is 0.461 e. The summed E-state index contributed by atoms with van der Waals surface area (Å²) >= 11 is 0. The molecular weight excluding hydrogens is 452 g/mol. The van der Waals surface area contributed by atoms with E-state index in [2.05, 4.69) is 0 Å². The quantitative estimate of drug-likeness (QED) is 0.306. The van der Waals surface area contributed by atoms with E-state index in [4.69, 9.17) is 23.7 Å². The number of carbonyl (C=O) groups excluding carboxylic acids is 1. The number of hydrogen-bond acceptors (Lipinski definition) is 11. The van der Waals surface area contributed by atoms with Gasteiger partial charge in [-0.1, -0.05) is 18.2 Å². The van der Waals surface area contributed by atoms with Crippen LogP contribution in [0.3, 0.4) is 0 Å². The maximum atomic E-state index is 12.7. The van der Waals surface area contributed by atoms with Gasteiger partial charge < -0.3 is 49.2 Å². The number of carbonyl (C=O) groups is 1. The highest BCUT2D eigenvalue weighted by Gasteiger charge is 2.94. The standard InChI is InChI=1S/C23H28O11/c1-20-9-22(29)13-7-23(20,32-18-16(27)15(26)14(25)12(8-24)31-18)21(13,19(33-20)34-22)10-30-17(28)11-5-3-2-4-6-11/h2-6,12-16,18-19,24-27,29H,7-10H2,1H3/t12-,13+,14-,15+,16-,18+,19-,20+,21+,22-,23-/m1/s1. The molecule has 3 saturated carbocycles. The van der Waals surface area contributed by atoms with E-state index >= 15 is 0 Å². The lowest BCUT2D eigenvalue weighted by Crippen LogP contribution is -2.80. The van der Waals surface area contributed by atoms with Crippen molar-refractivity contribution in [3.63, 3.8) is 0 Å². The molecule has 6 bridgehead atoms. The highest BCUT2D eigenvalue weighted by molar-refractivity contribution is 5.89. The van der Waals surface area contributed by atoms with Crippen molar-refractivity contribution in [3.8, 4) is 0 Å². The number of rotatable bonds is 6. The molecule has 1 aromatic rings. The molecule has 1 aromatic carbocycles. The highest BCUT2D eigenvalue weighted by Crippen LogP contribution is 2.81. The molecular formula is C23H28O11. The summed E-state index contributed by atoms with van der Waals surface area (Å²) < 4.78 is 29.7. The minimum absolute atomic E-state index is 0.0902. The predicted molar refractivity (Wildman–Crippen MR) is 109 cm³/mol. The van der Waals surface area contributed by atoms with Crippen molar-refractivity contribution in [3.05, 3.63) is 35.9 Å². The zero-order chi connectivity index (χ0) is 24.1. The minimum atomic E-state index is -1.61. The molecule has 4 aliphatic heterocycles. The fraction of sp³-hybridized carbons (Fsp3) is 0.696. The first-order chi connectivity index (χ1) is 16.1. The molecule has 0 radical (unpaired) electrons. The van der Waals surface area contributed by atoms with Gasteiger partial charge in [0, 0.05) is 12.3 Å². The molecule has 0 spiro atoms. The van der Waals surface area contributed by atoms with Crippen molar-refractivity contribution in [1.82, 2.24) is 0 Å². The molecule has 3 aliphatic carbocycles. The van der Waals surface area contributed by atoms with E-state index in [0.717, 1.165) is 0 Å². The second-order valence-corrected chi connectivity index (χ2v) is 10.2. The van der Waals surface area contributed by atoms with Crippen LogP contribution in [0.4, 0.5) is 0 Å². The van der Waals surface area contributed by atoms with E-state index < -0.39 is 77.9 Å². The Hall–Kier alpha value is -1.67. The first-order valence-electron chi connectivity index (χ1n) is 11.4. The number of aliphatic hydroxyl groups is 5. The molecule has 11 atom stereocenters. The fourth-order valence-corrected chi connectivity index (χ4v) is 6.87. The third-order valence-electron chi connectivity index (χ3n) is 8.57. The zero-order valence-electron chi connectivity index (χ0n) is 18.4. The van der Waals surface area contributed by atoms with Gasteiger partial charge in [-0.2, -0.15) is 0 Å². The monoisotopic (exact) mass is 480 g/mol. The fourth-order valence-electron chi connectivity index (χ4n) is 6.87. The van der Waals surface area contributed by atoms with Gasteiger partial charge in [-0.25, -0.2) is 4.79 Å². The Labute approximate surface area is 194 Å². The molecule has 0 unspecified atom stereocenters. The molecule has 11 nitrogen and oxygen atoms in total. The van der Waals surface area contributed by atoms with E-state index in [1.54, 1.807) is 37.3 Å². The third-order valence-corrected chi connectivity index (χ3v) is 8.57. The molecule has 11 heteroatoms. The van der Waals surface area contributed by atoms with Crippen LogP contribution in [-0.4, -0.2) is 98.7 Å². The number of aliphatic hydroxyl groups excluding tert-OH is 4. The second kappa shape index (κ2) is 7.19. The van der Waals surface area contributed by atoms with Crippen LogP contribution in [-0.2, 0) is 23.7 Å². The van der Waals surface area contributed by atoms with Crippen LogP contribution in [0, 0.1) is 11.3 Å². The first kappa shape index (κ1) is 22.8. The lowest BCUT2D eigenvalue weighted by molar-refractivity contribution is -0.424. The first-order valence-corrected chi connectivity index (χ1v) is 11.4. The van der Waals surface area contributed by atoms with Gasteiger partial charge in [-0.3, -0.25) is 0 Å². The molecule has 4 saturated heterocycles. The van der Waals surface area contributed by atoms with E-state index in [-0.39, 0.29) is 19.4 Å². The van der Waals surface area contributed by atoms with E-state index in [9.17, 15) is 30.3 Å². The Bertz CT molecular complexity index is 988. The van der Waals surface area contributed by atoms with Gasteiger partial charge in [0.2, 0.25) is 0 Å². The molecule has 0 aromatic heterocycles. The summed E-state index contributed by atoms with van der Waals surface area (Å²) in [6, 6.07) is 8.47. The molecule has 34 heavy (non-hydrogen) atoms. The Morgan fingerprint density at radius 3 is 2.56 bits per heavy atom. The van der Waals surface area contributed by atoms with Crippen LogP contribution in [0.15, 0.2) is 30.3 Å². The van der Waals surface area contributed by atoms with Gasteiger partial charge in [0.1, 0.15) is 42.2 Å². The summed E-state index contributed by atoms with van der Waals surface area (Å²) in [5, 5.41) is 51.7. The average molecular weight is 480 g/mol. The number of esters is 1. The Morgan fingerprint density at radius 1 is 1.12 bits per heavy atom. The van der Waals surface area contributed by atoms with Crippen molar-refractivity contribution >= 4 is 5.97 Å². The summed E-state index contributed by atoms with van der Waals surface area (Å²) in [5.41, 5.74) is -2.99. The van der Waals surface area contributed by atoms with Crippen LogP contribution in [0.5, 0.6) is 0 Å². The van der Waals surface area contributed by atoms with Gasteiger partial charge in [0.25, 0.3) is 0 Å². The molecule has 5 N–H and O–H groups in total. The number of hydrogen-bond donors (Lipinski definition) is 5. The normalized spacial score (nSPS) is 52.5. The van der Waals surface area contributed by atoms with E-state index in [0.29, 0.717) is 5.56 Å². The molecule has 186 valence electrons. The summed E-state index contributed by atoms with van der Waals surface area (Å²) in [6.07, 6.45) is -7.87. The summed E-state index contributed by atoms with van der Waals surface area (Å²) in [6.45, 7) is 0.985. The summed E-state index contributed by atoms with van der Waals surface area (Å²) in [4.78, 5) is 12.7. The zero-order valence-corrected chi connectivity index (χ0v) is 18.4. The maximum absolute atomic E-state index is 12.7. The topological polar surface area (TPSA) is 164 Å².